The van der Waals surface area contributed by atoms with Crippen molar-refractivity contribution in [3.63, 3.8) is 0 Å². The summed E-state index contributed by atoms with van der Waals surface area (Å²) in [6, 6.07) is 0. The van der Waals surface area contributed by atoms with Crippen molar-refractivity contribution in [2.75, 3.05) is 13.1 Å². The Bertz CT molecular complexity index is 322. The van der Waals surface area contributed by atoms with Crippen LogP contribution in [0.4, 0.5) is 4.79 Å². The number of carboxylic acids is 1. The van der Waals surface area contributed by atoms with Gasteiger partial charge in [0.2, 0.25) is 0 Å². The minimum atomic E-state index is -0.717. The lowest BCUT2D eigenvalue weighted by atomic mass is 9.97. The molecule has 0 aromatic carbocycles. The Labute approximate surface area is 114 Å². The van der Waals surface area contributed by atoms with Gasteiger partial charge in [-0.25, -0.2) is 4.79 Å². The third-order valence-electron chi connectivity index (χ3n) is 3.21. The Balaban J connectivity index is 2.53. The van der Waals surface area contributed by atoms with E-state index in [2.05, 4.69) is 0 Å². The summed E-state index contributed by atoms with van der Waals surface area (Å²) >= 11 is 0. The fourth-order valence-electron chi connectivity index (χ4n) is 2.23. The highest BCUT2D eigenvalue weighted by molar-refractivity contribution is 5.70. The largest absolute Gasteiger partial charge is 0.481 e. The van der Waals surface area contributed by atoms with E-state index >= 15 is 0 Å². The van der Waals surface area contributed by atoms with Crippen LogP contribution in [0.2, 0.25) is 0 Å². The number of hydrogen-bond acceptors (Lipinski definition) is 3. The van der Waals surface area contributed by atoms with Gasteiger partial charge in [-0.15, -0.1) is 0 Å². The van der Waals surface area contributed by atoms with Gasteiger partial charge in [-0.3, -0.25) is 4.79 Å². The molecule has 1 heterocycles. The van der Waals surface area contributed by atoms with Gasteiger partial charge in [0.1, 0.15) is 5.60 Å². The number of hydrogen-bond donors (Lipinski definition) is 1. The fourth-order valence-corrected chi connectivity index (χ4v) is 2.23. The minimum absolute atomic E-state index is 0.265. The van der Waals surface area contributed by atoms with Crippen LogP contribution in [-0.4, -0.2) is 40.8 Å². The fraction of sp³-hybridized carbons (Fsp3) is 0.857. The van der Waals surface area contributed by atoms with Crippen molar-refractivity contribution in [2.45, 2.75) is 58.5 Å². The molecule has 1 aliphatic rings. The molecule has 1 rings (SSSR count). The van der Waals surface area contributed by atoms with Crippen molar-refractivity contribution in [1.82, 2.24) is 4.90 Å². The van der Waals surface area contributed by atoms with Crippen LogP contribution in [0.1, 0.15) is 52.9 Å². The first-order valence-electron chi connectivity index (χ1n) is 7.00. The maximum atomic E-state index is 12.0. The molecule has 0 aliphatic carbocycles. The maximum Gasteiger partial charge on any atom is 0.410 e. The molecular formula is C14H25NO4. The molecule has 110 valence electrons. The number of aliphatic carboxylic acids is 1. The molecule has 0 spiro atoms. The van der Waals surface area contributed by atoms with Gasteiger partial charge in [-0.05, 0) is 46.5 Å². The molecule has 1 amide bonds. The molecule has 0 bridgehead atoms. The highest BCUT2D eigenvalue weighted by Gasteiger charge is 2.24. The summed E-state index contributed by atoms with van der Waals surface area (Å²) in [6.45, 7) is 6.78. The SMILES string of the molecule is CC(C)(C)OC(=O)N1CCCCC(C(=O)O)CCC1. The van der Waals surface area contributed by atoms with Crippen LogP contribution < -0.4 is 0 Å². The van der Waals surface area contributed by atoms with Crippen LogP contribution >= 0.6 is 0 Å². The second-order valence-electron chi connectivity index (χ2n) is 6.14. The number of carbonyl (C=O) groups is 2. The van der Waals surface area contributed by atoms with E-state index in [1.165, 1.54) is 0 Å². The molecule has 1 unspecified atom stereocenters. The zero-order chi connectivity index (χ0) is 14.5. The predicted octanol–water partition coefficient (Wildman–Crippen LogP) is 2.89. The summed E-state index contributed by atoms with van der Waals surface area (Å²) in [4.78, 5) is 24.7. The molecule has 5 heteroatoms. The Kier molecular flexibility index (Phi) is 5.63. The lowest BCUT2D eigenvalue weighted by Gasteiger charge is -2.27. The normalized spacial score (nSPS) is 22.1. The van der Waals surface area contributed by atoms with Crippen LogP contribution in [-0.2, 0) is 9.53 Å². The Morgan fingerprint density at radius 3 is 2.26 bits per heavy atom. The molecule has 0 saturated carbocycles. The molecule has 0 aromatic heterocycles. The summed E-state index contributed by atoms with van der Waals surface area (Å²) in [6.07, 6.45) is 3.45. The van der Waals surface area contributed by atoms with E-state index in [0.717, 1.165) is 19.3 Å². The van der Waals surface area contributed by atoms with Crippen LogP contribution in [0, 0.1) is 5.92 Å². The third-order valence-corrected chi connectivity index (χ3v) is 3.21. The zero-order valence-electron chi connectivity index (χ0n) is 12.1. The van der Waals surface area contributed by atoms with Crippen LogP contribution in [0.15, 0.2) is 0 Å². The van der Waals surface area contributed by atoms with E-state index < -0.39 is 11.6 Å². The van der Waals surface area contributed by atoms with Crippen LogP contribution in [0.3, 0.4) is 0 Å². The number of nitrogens with zero attached hydrogens (tertiary/aromatic N) is 1. The number of ether oxygens (including phenoxy) is 1. The van der Waals surface area contributed by atoms with Crippen LogP contribution in [0.5, 0.6) is 0 Å². The second kappa shape index (κ2) is 6.78. The molecular weight excluding hydrogens is 246 g/mol. The summed E-state index contributed by atoms with van der Waals surface area (Å²) in [5, 5.41) is 9.07. The Hall–Kier alpha value is -1.26. The van der Waals surface area contributed by atoms with E-state index in [0.29, 0.717) is 25.9 Å². The molecule has 1 N–H and O–H groups in total. The Morgan fingerprint density at radius 1 is 1.11 bits per heavy atom. The quantitative estimate of drug-likeness (QED) is 0.796. The number of rotatable bonds is 1. The number of amides is 1. The first-order chi connectivity index (χ1) is 8.79. The highest BCUT2D eigenvalue weighted by atomic mass is 16.6. The van der Waals surface area contributed by atoms with E-state index in [1.54, 1.807) is 4.90 Å². The summed E-state index contributed by atoms with van der Waals surface area (Å²) in [7, 11) is 0. The van der Waals surface area contributed by atoms with Gasteiger partial charge < -0.3 is 14.7 Å². The van der Waals surface area contributed by atoms with Crippen molar-refractivity contribution in [3.8, 4) is 0 Å². The molecule has 0 radical (unpaired) electrons. The van der Waals surface area contributed by atoms with E-state index in [4.69, 9.17) is 9.84 Å². The molecule has 5 nitrogen and oxygen atoms in total. The highest BCUT2D eigenvalue weighted by Crippen LogP contribution is 2.19. The summed E-state index contributed by atoms with van der Waals surface area (Å²) in [5.74, 6) is -0.982. The van der Waals surface area contributed by atoms with Gasteiger partial charge in [0.05, 0.1) is 5.92 Å². The molecule has 19 heavy (non-hydrogen) atoms. The van der Waals surface area contributed by atoms with Crippen LogP contribution in [0.25, 0.3) is 0 Å². The third kappa shape index (κ3) is 5.94. The number of carboxylic acid groups (broad SMARTS) is 1. The van der Waals surface area contributed by atoms with Gasteiger partial charge >= 0.3 is 12.1 Å². The first-order valence-corrected chi connectivity index (χ1v) is 7.00. The van der Waals surface area contributed by atoms with Crippen molar-refractivity contribution < 1.29 is 19.4 Å². The van der Waals surface area contributed by atoms with E-state index in [1.807, 2.05) is 20.8 Å². The monoisotopic (exact) mass is 271 g/mol. The molecule has 1 atom stereocenters. The van der Waals surface area contributed by atoms with Crippen molar-refractivity contribution >= 4 is 12.1 Å². The molecule has 1 fully saturated rings. The van der Waals surface area contributed by atoms with E-state index in [9.17, 15) is 9.59 Å². The van der Waals surface area contributed by atoms with E-state index in [-0.39, 0.29) is 12.0 Å². The summed E-state index contributed by atoms with van der Waals surface area (Å²) in [5.41, 5.74) is -0.487. The average Bonchev–Trinajstić information content (AvgIpc) is 2.37. The average molecular weight is 271 g/mol. The number of carbonyl (C=O) groups excluding carboxylic acids is 1. The first kappa shape index (κ1) is 15.8. The van der Waals surface area contributed by atoms with Gasteiger partial charge in [-0.1, -0.05) is 6.42 Å². The standard InChI is InChI=1S/C14H25NO4/c1-14(2,3)19-13(18)15-9-5-4-7-11(12(16)17)8-6-10-15/h11H,4-10H2,1-3H3,(H,16,17). The van der Waals surface area contributed by atoms with Gasteiger partial charge in [0.25, 0.3) is 0 Å². The van der Waals surface area contributed by atoms with Gasteiger partial charge in [-0.2, -0.15) is 0 Å². The van der Waals surface area contributed by atoms with Crippen molar-refractivity contribution in [1.29, 1.82) is 0 Å². The van der Waals surface area contributed by atoms with Crippen molar-refractivity contribution in [3.05, 3.63) is 0 Å². The van der Waals surface area contributed by atoms with Crippen molar-refractivity contribution in [2.24, 2.45) is 5.92 Å². The predicted molar refractivity (Wildman–Crippen MR) is 72.0 cm³/mol. The minimum Gasteiger partial charge on any atom is -0.481 e. The summed E-state index contributed by atoms with van der Waals surface area (Å²) < 4.78 is 5.36. The molecule has 1 aliphatic heterocycles. The lowest BCUT2D eigenvalue weighted by molar-refractivity contribution is -0.142. The smallest absolute Gasteiger partial charge is 0.410 e. The van der Waals surface area contributed by atoms with Gasteiger partial charge in [0, 0.05) is 13.1 Å². The van der Waals surface area contributed by atoms with Gasteiger partial charge in [0.15, 0.2) is 0 Å². The topological polar surface area (TPSA) is 66.8 Å². The lowest BCUT2D eigenvalue weighted by Crippen LogP contribution is -2.38. The molecule has 0 aromatic rings. The maximum absolute atomic E-state index is 12.0. The zero-order valence-corrected chi connectivity index (χ0v) is 12.1. The molecule has 1 saturated heterocycles. The second-order valence-corrected chi connectivity index (χ2v) is 6.14. The Morgan fingerprint density at radius 2 is 1.68 bits per heavy atom.